The van der Waals surface area contributed by atoms with Gasteiger partial charge in [0.05, 0.1) is 17.8 Å². The Balaban J connectivity index is 1.66. The predicted octanol–water partition coefficient (Wildman–Crippen LogP) is 4.98. The summed E-state index contributed by atoms with van der Waals surface area (Å²) in [5, 5.41) is 14.0. The zero-order valence-corrected chi connectivity index (χ0v) is 19.8. The Hall–Kier alpha value is -2.68. The van der Waals surface area contributed by atoms with E-state index in [1.807, 2.05) is 30.3 Å². The van der Waals surface area contributed by atoms with Crippen LogP contribution in [-0.2, 0) is 11.4 Å². The highest BCUT2D eigenvalue weighted by Gasteiger charge is 2.16. The Morgan fingerprint density at radius 1 is 1.13 bits per heavy atom. The highest BCUT2D eigenvalue weighted by molar-refractivity contribution is 9.10. The van der Waals surface area contributed by atoms with Gasteiger partial charge in [-0.1, -0.05) is 58.4 Å². The number of nitrogens with zero attached hydrogens (tertiary/aromatic N) is 1. The second kappa shape index (κ2) is 11.1. The number of hydrogen-bond acceptors (Lipinski definition) is 5. The highest BCUT2D eigenvalue weighted by Crippen LogP contribution is 2.37. The van der Waals surface area contributed by atoms with E-state index in [9.17, 15) is 9.90 Å². The fourth-order valence-electron chi connectivity index (χ4n) is 2.71. The fourth-order valence-corrected chi connectivity index (χ4v) is 3.55. The van der Waals surface area contributed by atoms with Gasteiger partial charge in [0.1, 0.15) is 6.61 Å². The lowest BCUT2D eigenvalue weighted by atomic mass is 10.1. The van der Waals surface area contributed by atoms with Gasteiger partial charge >= 0.3 is 0 Å². The fraction of sp³-hybridized carbons (Fsp3) is 0.130. The molecule has 1 amide bonds. The van der Waals surface area contributed by atoms with Gasteiger partial charge in [-0.25, -0.2) is 5.43 Å². The summed E-state index contributed by atoms with van der Waals surface area (Å²) in [5.74, 6) is 0.456. The number of methoxy groups -OCH3 is 1. The number of nitrogens with one attached hydrogen (secondary N) is 1. The van der Waals surface area contributed by atoms with E-state index in [4.69, 9.17) is 9.47 Å². The molecule has 1 atom stereocenters. The Morgan fingerprint density at radius 2 is 1.84 bits per heavy atom. The van der Waals surface area contributed by atoms with E-state index in [-0.39, 0.29) is 0 Å². The van der Waals surface area contributed by atoms with E-state index in [1.165, 1.54) is 6.21 Å². The Kier molecular flexibility index (Phi) is 8.22. The van der Waals surface area contributed by atoms with E-state index in [0.717, 1.165) is 10.0 Å². The first-order valence-corrected chi connectivity index (χ1v) is 10.9. The number of rotatable bonds is 8. The maximum absolute atomic E-state index is 12.1. The average Bonchev–Trinajstić information content (AvgIpc) is 2.79. The van der Waals surface area contributed by atoms with Crippen LogP contribution in [0.2, 0.25) is 0 Å². The molecule has 0 radical (unpaired) electrons. The van der Waals surface area contributed by atoms with Gasteiger partial charge in [-0.15, -0.1) is 0 Å². The minimum absolute atomic E-state index is 0.378. The third kappa shape index (κ3) is 6.40. The standard InChI is InChI=1S/C23H20Br2N2O4/c1-30-20-12-16(13-26-27-23(29)21(28)17-5-3-2-4-6-17)11-19(25)22(20)31-14-15-7-9-18(24)10-8-15/h2-13,21,28H,14H2,1H3,(H,27,29)/b26-13-/t21-/m0/s1. The molecule has 3 rings (SSSR count). The van der Waals surface area contributed by atoms with E-state index < -0.39 is 12.0 Å². The smallest absolute Gasteiger partial charge is 0.273 e. The molecule has 0 saturated carbocycles. The molecule has 3 aromatic rings. The van der Waals surface area contributed by atoms with Crippen LogP contribution in [0.5, 0.6) is 11.5 Å². The molecule has 0 fully saturated rings. The van der Waals surface area contributed by atoms with E-state index in [1.54, 1.807) is 43.5 Å². The normalized spacial score (nSPS) is 11.9. The van der Waals surface area contributed by atoms with Crippen LogP contribution in [0.1, 0.15) is 22.8 Å². The van der Waals surface area contributed by atoms with Gasteiger partial charge in [0, 0.05) is 4.47 Å². The number of aliphatic hydroxyl groups is 1. The molecule has 8 heteroatoms. The molecule has 0 aromatic heterocycles. The zero-order chi connectivity index (χ0) is 22.2. The summed E-state index contributed by atoms with van der Waals surface area (Å²) in [6, 6.07) is 20.0. The molecule has 160 valence electrons. The van der Waals surface area contributed by atoms with Gasteiger partial charge in [0.15, 0.2) is 17.6 Å². The first-order chi connectivity index (χ1) is 15.0. The number of aliphatic hydroxyl groups excluding tert-OH is 1. The van der Waals surface area contributed by atoms with Crippen LogP contribution in [-0.4, -0.2) is 24.3 Å². The van der Waals surface area contributed by atoms with Crippen LogP contribution < -0.4 is 14.9 Å². The molecule has 31 heavy (non-hydrogen) atoms. The van der Waals surface area contributed by atoms with Gasteiger partial charge in [0.25, 0.3) is 5.91 Å². The molecule has 0 saturated heterocycles. The first-order valence-electron chi connectivity index (χ1n) is 9.28. The molecule has 0 aliphatic rings. The number of hydrazone groups is 1. The summed E-state index contributed by atoms with van der Waals surface area (Å²) in [7, 11) is 1.55. The monoisotopic (exact) mass is 546 g/mol. The summed E-state index contributed by atoms with van der Waals surface area (Å²) in [5.41, 5.74) is 4.53. The molecule has 0 heterocycles. The van der Waals surface area contributed by atoms with Crippen molar-refractivity contribution in [3.63, 3.8) is 0 Å². The van der Waals surface area contributed by atoms with Crippen molar-refractivity contribution in [2.45, 2.75) is 12.7 Å². The predicted molar refractivity (Wildman–Crippen MR) is 126 cm³/mol. The van der Waals surface area contributed by atoms with Crippen molar-refractivity contribution in [3.8, 4) is 11.5 Å². The van der Waals surface area contributed by atoms with Crippen molar-refractivity contribution in [1.82, 2.24) is 5.43 Å². The van der Waals surface area contributed by atoms with Crippen LogP contribution >= 0.6 is 31.9 Å². The van der Waals surface area contributed by atoms with Gasteiger partial charge in [-0.3, -0.25) is 4.79 Å². The lowest BCUT2D eigenvalue weighted by Gasteiger charge is -2.13. The van der Waals surface area contributed by atoms with Crippen molar-refractivity contribution in [2.24, 2.45) is 5.10 Å². The third-order valence-electron chi connectivity index (χ3n) is 4.30. The zero-order valence-electron chi connectivity index (χ0n) is 16.6. The molecule has 0 aliphatic heterocycles. The summed E-state index contributed by atoms with van der Waals surface area (Å²) in [4.78, 5) is 12.1. The van der Waals surface area contributed by atoms with Crippen LogP contribution in [0.3, 0.4) is 0 Å². The Labute approximate surface area is 197 Å². The van der Waals surface area contributed by atoms with E-state index in [0.29, 0.717) is 33.7 Å². The second-order valence-corrected chi connectivity index (χ2v) is 8.27. The van der Waals surface area contributed by atoms with Crippen molar-refractivity contribution in [3.05, 3.63) is 92.4 Å². The minimum Gasteiger partial charge on any atom is -0.493 e. The Morgan fingerprint density at radius 3 is 2.52 bits per heavy atom. The van der Waals surface area contributed by atoms with Crippen LogP contribution in [0.4, 0.5) is 0 Å². The molecule has 0 aliphatic carbocycles. The number of amides is 1. The number of benzene rings is 3. The second-order valence-electron chi connectivity index (χ2n) is 6.50. The molecule has 0 unspecified atom stereocenters. The lowest BCUT2D eigenvalue weighted by Crippen LogP contribution is -2.25. The molecule has 3 aromatic carbocycles. The quantitative estimate of drug-likeness (QED) is 0.308. The summed E-state index contributed by atoms with van der Waals surface area (Å²) in [6.07, 6.45) is 0.163. The molecule has 0 bridgehead atoms. The van der Waals surface area contributed by atoms with Gasteiger partial charge in [0.2, 0.25) is 0 Å². The number of halogens is 2. The summed E-state index contributed by atoms with van der Waals surface area (Å²) in [6.45, 7) is 0.378. The maximum Gasteiger partial charge on any atom is 0.273 e. The molecule has 2 N–H and O–H groups in total. The first kappa shape index (κ1) is 23.0. The average molecular weight is 548 g/mol. The third-order valence-corrected chi connectivity index (χ3v) is 5.42. The van der Waals surface area contributed by atoms with Gasteiger partial charge in [-0.2, -0.15) is 5.10 Å². The van der Waals surface area contributed by atoms with Crippen LogP contribution in [0, 0.1) is 0 Å². The van der Waals surface area contributed by atoms with Crippen molar-refractivity contribution >= 4 is 44.0 Å². The van der Waals surface area contributed by atoms with E-state index >= 15 is 0 Å². The maximum atomic E-state index is 12.1. The van der Waals surface area contributed by atoms with Crippen LogP contribution in [0.25, 0.3) is 0 Å². The van der Waals surface area contributed by atoms with Crippen molar-refractivity contribution < 1.29 is 19.4 Å². The minimum atomic E-state index is -1.30. The molecule has 0 spiro atoms. The van der Waals surface area contributed by atoms with E-state index in [2.05, 4.69) is 42.4 Å². The molecular weight excluding hydrogens is 528 g/mol. The summed E-state index contributed by atoms with van der Waals surface area (Å²) < 4.78 is 13.1. The van der Waals surface area contributed by atoms with Crippen LogP contribution in [0.15, 0.2) is 80.8 Å². The SMILES string of the molecule is COc1cc(/C=N\NC(=O)[C@@H](O)c2ccccc2)cc(Br)c1OCc1ccc(Br)cc1. The van der Waals surface area contributed by atoms with Gasteiger partial charge in [-0.05, 0) is 56.9 Å². The van der Waals surface area contributed by atoms with Crippen molar-refractivity contribution in [2.75, 3.05) is 7.11 Å². The molecule has 6 nitrogen and oxygen atoms in total. The summed E-state index contributed by atoms with van der Waals surface area (Å²) >= 11 is 6.91. The Bertz CT molecular complexity index is 1060. The number of hydrogen-bond donors (Lipinski definition) is 2. The number of carbonyl (C=O) groups is 1. The highest BCUT2D eigenvalue weighted by atomic mass is 79.9. The number of carbonyl (C=O) groups excluding carboxylic acids is 1. The largest absolute Gasteiger partial charge is 0.493 e. The van der Waals surface area contributed by atoms with Gasteiger partial charge < -0.3 is 14.6 Å². The van der Waals surface area contributed by atoms with Crippen molar-refractivity contribution in [1.29, 1.82) is 0 Å². The number of ether oxygens (including phenoxy) is 2. The molecular formula is C23H20Br2N2O4. The topological polar surface area (TPSA) is 80.2 Å². The lowest BCUT2D eigenvalue weighted by molar-refractivity contribution is -0.129.